The van der Waals surface area contributed by atoms with Crippen molar-refractivity contribution in [1.82, 2.24) is 20.2 Å². The highest BCUT2D eigenvalue weighted by Crippen LogP contribution is 2.11. The maximum absolute atomic E-state index is 11.7. The predicted molar refractivity (Wildman–Crippen MR) is 77.1 cm³/mol. The van der Waals surface area contributed by atoms with Gasteiger partial charge in [-0.3, -0.25) is 5.10 Å². The van der Waals surface area contributed by atoms with Crippen LogP contribution in [0.1, 0.15) is 5.56 Å². The molecule has 0 fully saturated rings. The normalized spacial score (nSPS) is 11.1. The summed E-state index contributed by atoms with van der Waals surface area (Å²) in [5.41, 5.74) is 1.22. The van der Waals surface area contributed by atoms with Gasteiger partial charge in [-0.25, -0.2) is 17.9 Å². The van der Waals surface area contributed by atoms with Crippen LogP contribution in [0.2, 0.25) is 0 Å². The summed E-state index contributed by atoms with van der Waals surface area (Å²) < 4.78 is 25.6. The van der Waals surface area contributed by atoms with Crippen molar-refractivity contribution in [3.63, 3.8) is 0 Å². The fourth-order valence-electron chi connectivity index (χ4n) is 1.62. The van der Waals surface area contributed by atoms with Gasteiger partial charge in [-0.15, -0.1) is 0 Å². The number of aromatic nitrogens is 2. The molecule has 21 heavy (non-hydrogen) atoms. The first kappa shape index (κ1) is 15.0. The van der Waals surface area contributed by atoms with Crippen molar-refractivity contribution in [2.45, 2.75) is 11.4 Å². The highest BCUT2D eigenvalue weighted by molar-refractivity contribution is 7.89. The zero-order valence-corrected chi connectivity index (χ0v) is 12.1. The molecule has 0 unspecified atom stereocenters. The van der Waals surface area contributed by atoms with E-state index in [4.69, 9.17) is 0 Å². The number of benzene rings is 1. The molecule has 0 spiro atoms. The van der Waals surface area contributed by atoms with Crippen molar-refractivity contribution >= 4 is 21.7 Å². The van der Waals surface area contributed by atoms with Crippen LogP contribution in [-0.4, -0.2) is 31.7 Å². The lowest BCUT2D eigenvalue weighted by Gasteiger charge is -2.08. The van der Waals surface area contributed by atoms with Crippen molar-refractivity contribution in [1.29, 1.82) is 0 Å². The van der Waals surface area contributed by atoms with Crippen molar-refractivity contribution < 1.29 is 13.2 Å². The molecule has 0 aliphatic rings. The fraction of sp³-hybridized carbons (Fsp3) is 0.167. The summed E-state index contributed by atoms with van der Waals surface area (Å²) in [5, 5.41) is 11.5. The van der Waals surface area contributed by atoms with Gasteiger partial charge in [0.25, 0.3) is 0 Å². The number of anilines is 1. The number of aromatic amines is 1. The molecule has 1 aromatic heterocycles. The molecule has 2 rings (SSSR count). The van der Waals surface area contributed by atoms with Gasteiger partial charge < -0.3 is 10.6 Å². The molecule has 0 aliphatic carbocycles. The fourth-order valence-corrected chi connectivity index (χ4v) is 2.42. The number of rotatable bonds is 5. The number of nitrogens with one attached hydrogen (secondary N) is 4. The van der Waals surface area contributed by atoms with E-state index in [9.17, 15) is 13.2 Å². The molecule has 1 heterocycles. The molecule has 112 valence electrons. The Balaban J connectivity index is 1.97. The number of amides is 2. The Hall–Kier alpha value is -2.39. The summed E-state index contributed by atoms with van der Waals surface area (Å²) in [5.74, 6) is 0. The summed E-state index contributed by atoms with van der Waals surface area (Å²) in [6.07, 6.45) is 3.01. The number of carbonyl (C=O) groups excluding carboxylic acids is 1. The first-order valence-electron chi connectivity index (χ1n) is 6.07. The van der Waals surface area contributed by atoms with E-state index in [1.165, 1.54) is 25.4 Å². The molecular formula is C12H15N5O3S. The van der Waals surface area contributed by atoms with E-state index >= 15 is 0 Å². The molecule has 0 saturated heterocycles. The minimum Gasteiger partial charge on any atom is -0.334 e. The van der Waals surface area contributed by atoms with Crippen LogP contribution in [0.15, 0.2) is 41.6 Å². The molecule has 0 saturated carbocycles. The maximum atomic E-state index is 11.7. The van der Waals surface area contributed by atoms with Crippen molar-refractivity contribution in [2.75, 3.05) is 12.4 Å². The van der Waals surface area contributed by atoms with Crippen LogP contribution in [0.25, 0.3) is 0 Å². The van der Waals surface area contributed by atoms with E-state index in [1.807, 2.05) is 0 Å². The summed E-state index contributed by atoms with van der Waals surface area (Å²) in [6, 6.07) is 5.94. The largest absolute Gasteiger partial charge is 0.334 e. The lowest BCUT2D eigenvalue weighted by molar-refractivity contribution is 0.251. The van der Waals surface area contributed by atoms with Gasteiger partial charge in [0.2, 0.25) is 10.0 Å². The average Bonchev–Trinajstić information content (AvgIpc) is 2.98. The SMILES string of the molecule is CNS(=O)(=O)c1cccc(CNC(=O)Nc2cn[nH]c2)c1. The number of carbonyl (C=O) groups is 1. The Morgan fingerprint density at radius 3 is 2.86 bits per heavy atom. The number of H-pyrrole nitrogens is 1. The smallest absolute Gasteiger partial charge is 0.319 e. The van der Waals surface area contributed by atoms with Crippen molar-refractivity contribution in [3.8, 4) is 0 Å². The highest BCUT2D eigenvalue weighted by Gasteiger charge is 2.11. The molecular weight excluding hydrogens is 294 g/mol. The van der Waals surface area contributed by atoms with Crippen LogP contribution < -0.4 is 15.4 Å². The molecule has 0 atom stereocenters. The highest BCUT2D eigenvalue weighted by atomic mass is 32.2. The molecule has 2 aromatic rings. The zero-order valence-electron chi connectivity index (χ0n) is 11.3. The van der Waals surface area contributed by atoms with Gasteiger partial charge in [-0.05, 0) is 24.7 Å². The summed E-state index contributed by atoms with van der Waals surface area (Å²) >= 11 is 0. The quantitative estimate of drug-likeness (QED) is 0.648. The molecule has 9 heteroatoms. The Morgan fingerprint density at radius 2 is 2.19 bits per heavy atom. The Kier molecular flexibility index (Phi) is 4.55. The van der Waals surface area contributed by atoms with Gasteiger partial charge in [0.1, 0.15) is 0 Å². The second-order valence-corrected chi connectivity index (χ2v) is 6.04. The van der Waals surface area contributed by atoms with Gasteiger partial charge in [-0.1, -0.05) is 12.1 Å². The Labute approximate surface area is 122 Å². The molecule has 4 N–H and O–H groups in total. The standard InChI is InChI=1S/C12H15N5O3S/c1-13-21(19,20)11-4-2-3-9(5-11)6-14-12(18)17-10-7-15-16-8-10/h2-5,7-8,13H,6H2,1H3,(H,15,16)(H2,14,17,18). The summed E-state index contributed by atoms with van der Waals surface area (Å²) in [7, 11) is -2.15. The third kappa shape index (κ3) is 4.04. The van der Waals surface area contributed by atoms with E-state index < -0.39 is 16.1 Å². The summed E-state index contributed by atoms with van der Waals surface area (Å²) in [4.78, 5) is 11.8. The van der Waals surface area contributed by atoms with Crippen LogP contribution >= 0.6 is 0 Å². The lowest BCUT2D eigenvalue weighted by atomic mass is 10.2. The minimum absolute atomic E-state index is 0.152. The molecule has 0 bridgehead atoms. The number of hydrogen-bond donors (Lipinski definition) is 4. The lowest BCUT2D eigenvalue weighted by Crippen LogP contribution is -2.28. The number of nitrogens with zero attached hydrogens (tertiary/aromatic N) is 1. The van der Waals surface area contributed by atoms with Gasteiger partial charge in [-0.2, -0.15) is 5.10 Å². The van der Waals surface area contributed by atoms with E-state index in [-0.39, 0.29) is 11.4 Å². The topological polar surface area (TPSA) is 116 Å². The van der Waals surface area contributed by atoms with Crippen molar-refractivity contribution in [2.24, 2.45) is 0 Å². The Bertz CT molecular complexity index is 712. The van der Waals surface area contributed by atoms with E-state index in [0.717, 1.165) is 0 Å². The third-order valence-corrected chi connectivity index (χ3v) is 4.10. The monoisotopic (exact) mass is 309 g/mol. The van der Waals surface area contributed by atoms with E-state index in [1.54, 1.807) is 18.3 Å². The van der Waals surface area contributed by atoms with Gasteiger partial charge in [0, 0.05) is 12.7 Å². The van der Waals surface area contributed by atoms with Crippen LogP contribution in [0.5, 0.6) is 0 Å². The maximum Gasteiger partial charge on any atom is 0.319 e. The molecule has 0 radical (unpaired) electrons. The second kappa shape index (κ2) is 6.37. The number of urea groups is 1. The molecule has 2 amide bonds. The number of hydrogen-bond acceptors (Lipinski definition) is 4. The minimum atomic E-state index is -3.49. The van der Waals surface area contributed by atoms with Gasteiger partial charge >= 0.3 is 6.03 Å². The van der Waals surface area contributed by atoms with Crippen molar-refractivity contribution in [3.05, 3.63) is 42.2 Å². The zero-order chi connectivity index (χ0) is 15.3. The van der Waals surface area contributed by atoms with Gasteiger partial charge in [0.05, 0.1) is 16.8 Å². The van der Waals surface area contributed by atoms with E-state index in [0.29, 0.717) is 11.3 Å². The average molecular weight is 309 g/mol. The number of sulfonamides is 1. The third-order valence-electron chi connectivity index (χ3n) is 2.69. The first-order chi connectivity index (χ1) is 10.0. The molecule has 8 nitrogen and oxygen atoms in total. The molecule has 1 aromatic carbocycles. The van der Waals surface area contributed by atoms with Crippen LogP contribution in [0, 0.1) is 0 Å². The second-order valence-electron chi connectivity index (χ2n) is 4.15. The Morgan fingerprint density at radius 1 is 1.38 bits per heavy atom. The predicted octanol–water partition coefficient (Wildman–Crippen LogP) is 0.639. The van der Waals surface area contributed by atoms with Gasteiger partial charge in [0.15, 0.2) is 0 Å². The summed E-state index contributed by atoms with van der Waals surface area (Å²) in [6.45, 7) is 0.205. The van der Waals surface area contributed by atoms with Crippen LogP contribution in [0.4, 0.5) is 10.5 Å². The van der Waals surface area contributed by atoms with Crippen LogP contribution in [-0.2, 0) is 16.6 Å². The van der Waals surface area contributed by atoms with E-state index in [2.05, 4.69) is 25.6 Å². The van der Waals surface area contributed by atoms with Crippen LogP contribution in [0.3, 0.4) is 0 Å². The molecule has 0 aliphatic heterocycles. The first-order valence-corrected chi connectivity index (χ1v) is 7.56.